The number of benzene rings is 2. The molecule has 3 heteroatoms. The number of methoxy groups -OCH3 is 2. The molecule has 0 aliphatic rings. The fourth-order valence-corrected chi connectivity index (χ4v) is 2.53. The van der Waals surface area contributed by atoms with Crippen LogP contribution in [-0.4, -0.2) is 18.8 Å². The van der Waals surface area contributed by atoms with Crippen molar-refractivity contribution in [2.45, 2.75) is 6.54 Å². The molecule has 3 nitrogen and oxygen atoms in total. The van der Waals surface area contributed by atoms with Gasteiger partial charge < -0.3 is 14.0 Å². The summed E-state index contributed by atoms with van der Waals surface area (Å²) in [4.78, 5) is 0. The van der Waals surface area contributed by atoms with Crippen LogP contribution in [0.25, 0.3) is 10.9 Å². The van der Waals surface area contributed by atoms with Crippen molar-refractivity contribution in [2.24, 2.45) is 0 Å². The van der Waals surface area contributed by atoms with E-state index in [0.29, 0.717) is 0 Å². The van der Waals surface area contributed by atoms with Crippen LogP contribution in [-0.2, 0) is 6.54 Å². The van der Waals surface area contributed by atoms with Gasteiger partial charge in [0, 0.05) is 17.1 Å². The summed E-state index contributed by atoms with van der Waals surface area (Å²) in [5.74, 6) is 1.82. The van der Waals surface area contributed by atoms with Crippen molar-refractivity contribution in [1.82, 2.24) is 4.57 Å². The summed E-state index contributed by atoms with van der Waals surface area (Å²) in [6.07, 6.45) is 2.08. The van der Waals surface area contributed by atoms with Gasteiger partial charge >= 0.3 is 0 Å². The fourth-order valence-electron chi connectivity index (χ4n) is 2.53. The maximum absolute atomic E-state index is 5.41. The van der Waals surface area contributed by atoms with Crippen molar-refractivity contribution in [3.63, 3.8) is 0 Å². The van der Waals surface area contributed by atoms with Gasteiger partial charge in [-0.1, -0.05) is 24.3 Å². The molecular weight excluding hydrogens is 250 g/mol. The third-order valence-electron chi connectivity index (χ3n) is 3.53. The van der Waals surface area contributed by atoms with Crippen molar-refractivity contribution in [3.8, 4) is 11.5 Å². The Balaban J connectivity index is 2.03. The molecule has 0 radical (unpaired) electrons. The lowest BCUT2D eigenvalue weighted by Gasteiger charge is -2.10. The zero-order chi connectivity index (χ0) is 13.9. The molecule has 0 unspecified atom stereocenters. The van der Waals surface area contributed by atoms with Crippen LogP contribution in [0.4, 0.5) is 0 Å². The number of rotatable bonds is 4. The molecule has 1 heterocycles. The van der Waals surface area contributed by atoms with E-state index < -0.39 is 0 Å². The van der Waals surface area contributed by atoms with E-state index in [9.17, 15) is 0 Å². The molecule has 0 spiro atoms. The number of ether oxygens (including phenoxy) is 2. The van der Waals surface area contributed by atoms with Gasteiger partial charge in [-0.25, -0.2) is 0 Å². The van der Waals surface area contributed by atoms with Crippen molar-refractivity contribution < 1.29 is 9.47 Å². The molecule has 0 amide bonds. The predicted octanol–water partition coefficient (Wildman–Crippen LogP) is 3.71. The molecule has 2 aromatic carbocycles. The van der Waals surface area contributed by atoms with Gasteiger partial charge in [0.1, 0.15) is 11.5 Å². The first-order valence-electron chi connectivity index (χ1n) is 6.57. The molecule has 3 rings (SSSR count). The minimum absolute atomic E-state index is 0.778. The maximum atomic E-state index is 5.41. The molecule has 0 bridgehead atoms. The van der Waals surface area contributed by atoms with Crippen molar-refractivity contribution in [3.05, 3.63) is 60.3 Å². The highest BCUT2D eigenvalue weighted by Gasteiger charge is 2.08. The summed E-state index contributed by atoms with van der Waals surface area (Å²) in [7, 11) is 3.40. The third-order valence-corrected chi connectivity index (χ3v) is 3.53. The van der Waals surface area contributed by atoms with E-state index in [1.54, 1.807) is 14.2 Å². The van der Waals surface area contributed by atoms with E-state index in [2.05, 4.69) is 29.0 Å². The van der Waals surface area contributed by atoms with E-state index in [1.807, 2.05) is 30.3 Å². The average Bonchev–Trinajstić information content (AvgIpc) is 2.91. The lowest BCUT2D eigenvalue weighted by Crippen LogP contribution is -2.00. The second kappa shape index (κ2) is 5.29. The molecule has 0 aliphatic heterocycles. The summed E-state index contributed by atoms with van der Waals surface area (Å²) in [6, 6.07) is 16.3. The third kappa shape index (κ3) is 2.11. The van der Waals surface area contributed by atoms with Crippen LogP contribution in [0.15, 0.2) is 54.7 Å². The first kappa shape index (κ1) is 12.6. The van der Waals surface area contributed by atoms with Crippen molar-refractivity contribution in [2.75, 3.05) is 14.2 Å². The zero-order valence-corrected chi connectivity index (χ0v) is 11.7. The first-order valence-corrected chi connectivity index (χ1v) is 6.57. The molecule has 0 N–H and O–H groups in total. The molecule has 102 valence electrons. The van der Waals surface area contributed by atoms with Gasteiger partial charge in [0.25, 0.3) is 0 Å². The lowest BCUT2D eigenvalue weighted by atomic mass is 10.2. The van der Waals surface area contributed by atoms with Crippen molar-refractivity contribution >= 4 is 10.9 Å². The highest BCUT2D eigenvalue weighted by Crippen LogP contribution is 2.28. The number of hydrogen-bond donors (Lipinski definition) is 0. The van der Waals surface area contributed by atoms with Gasteiger partial charge in [0.15, 0.2) is 0 Å². The second-order valence-corrected chi connectivity index (χ2v) is 4.65. The lowest BCUT2D eigenvalue weighted by molar-refractivity contribution is 0.408. The molecule has 0 fully saturated rings. The van der Waals surface area contributed by atoms with Gasteiger partial charge in [-0.3, -0.25) is 0 Å². The van der Waals surface area contributed by atoms with Crippen LogP contribution in [0.5, 0.6) is 11.5 Å². The Morgan fingerprint density at radius 3 is 2.40 bits per heavy atom. The van der Waals surface area contributed by atoms with E-state index in [4.69, 9.17) is 9.47 Å². The molecule has 3 aromatic rings. The molecule has 0 saturated carbocycles. The summed E-state index contributed by atoms with van der Waals surface area (Å²) in [5.41, 5.74) is 2.32. The SMILES string of the molecule is COc1ccccc1Cn1ccc2c(OC)cccc21. The van der Waals surface area contributed by atoms with Gasteiger partial charge in [-0.15, -0.1) is 0 Å². The van der Waals surface area contributed by atoms with Crippen LogP contribution in [0.3, 0.4) is 0 Å². The van der Waals surface area contributed by atoms with Crippen LogP contribution in [0.1, 0.15) is 5.56 Å². The van der Waals surface area contributed by atoms with E-state index in [0.717, 1.165) is 34.5 Å². The molecule has 0 aliphatic carbocycles. The topological polar surface area (TPSA) is 23.4 Å². The van der Waals surface area contributed by atoms with E-state index in [1.165, 1.54) is 0 Å². The molecule has 0 saturated heterocycles. The van der Waals surface area contributed by atoms with Crippen LogP contribution < -0.4 is 9.47 Å². The van der Waals surface area contributed by atoms with Crippen LogP contribution >= 0.6 is 0 Å². The minimum atomic E-state index is 0.778. The van der Waals surface area contributed by atoms with Crippen LogP contribution in [0.2, 0.25) is 0 Å². The maximum Gasteiger partial charge on any atom is 0.128 e. The van der Waals surface area contributed by atoms with Crippen molar-refractivity contribution in [1.29, 1.82) is 0 Å². The van der Waals surface area contributed by atoms with Gasteiger partial charge in [-0.05, 0) is 24.3 Å². The highest BCUT2D eigenvalue weighted by atomic mass is 16.5. The monoisotopic (exact) mass is 267 g/mol. The largest absolute Gasteiger partial charge is 0.496 e. The fraction of sp³-hybridized carbons (Fsp3) is 0.176. The Morgan fingerprint density at radius 1 is 0.850 bits per heavy atom. The molecule has 0 atom stereocenters. The van der Waals surface area contributed by atoms with Gasteiger partial charge in [0.2, 0.25) is 0 Å². The average molecular weight is 267 g/mol. The van der Waals surface area contributed by atoms with Gasteiger partial charge in [-0.2, -0.15) is 0 Å². The Labute approximate surface area is 118 Å². The Kier molecular flexibility index (Phi) is 3.33. The molecule has 1 aromatic heterocycles. The Hall–Kier alpha value is -2.42. The summed E-state index contributed by atoms with van der Waals surface area (Å²) in [6.45, 7) is 0.778. The molecular formula is C17H17NO2. The van der Waals surface area contributed by atoms with Gasteiger partial charge in [0.05, 0.1) is 26.3 Å². The summed E-state index contributed by atoms with van der Waals surface area (Å²) in [5, 5.41) is 1.13. The quantitative estimate of drug-likeness (QED) is 0.719. The second-order valence-electron chi connectivity index (χ2n) is 4.65. The number of fused-ring (bicyclic) bond motifs is 1. The predicted molar refractivity (Wildman–Crippen MR) is 80.6 cm³/mol. The van der Waals surface area contributed by atoms with Crippen LogP contribution in [0, 0.1) is 0 Å². The van der Waals surface area contributed by atoms with E-state index in [-0.39, 0.29) is 0 Å². The number of hydrogen-bond acceptors (Lipinski definition) is 2. The number of para-hydroxylation sites is 1. The Bertz CT molecular complexity index is 731. The Morgan fingerprint density at radius 2 is 1.60 bits per heavy atom. The molecule has 20 heavy (non-hydrogen) atoms. The first-order chi connectivity index (χ1) is 9.83. The standard InChI is InChI=1S/C17H17NO2/c1-19-16-8-4-3-6-13(16)12-18-11-10-14-15(18)7-5-9-17(14)20-2/h3-11H,12H2,1-2H3. The minimum Gasteiger partial charge on any atom is -0.496 e. The smallest absolute Gasteiger partial charge is 0.128 e. The highest BCUT2D eigenvalue weighted by molar-refractivity contribution is 5.86. The zero-order valence-electron chi connectivity index (χ0n) is 11.7. The van der Waals surface area contributed by atoms with E-state index >= 15 is 0 Å². The summed E-state index contributed by atoms with van der Waals surface area (Å²) >= 11 is 0. The number of nitrogens with zero attached hydrogens (tertiary/aromatic N) is 1. The number of aromatic nitrogens is 1. The normalized spacial score (nSPS) is 10.7. The summed E-state index contributed by atoms with van der Waals surface area (Å²) < 4.78 is 13.0.